The number of benzene rings is 2. The van der Waals surface area contributed by atoms with Gasteiger partial charge in [0.2, 0.25) is 11.8 Å². The molecular formula is C22H29N3O2. The summed E-state index contributed by atoms with van der Waals surface area (Å²) in [4.78, 5) is 26.8. The smallest absolute Gasteiger partial charge is 0.238 e. The Bertz CT molecular complexity index is 790. The second kappa shape index (κ2) is 9.00. The van der Waals surface area contributed by atoms with Gasteiger partial charge in [-0.3, -0.25) is 14.5 Å². The van der Waals surface area contributed by atoms with E-state index in [1.807, 2.05) is 42.5 Å². The van der Waals surface area contributed by atoms with Crippen LogP contribution in [-0.4, -0.2) is 42.9 Å². The summed E-state index contributed by atoms with van der Waals surface area (Å²) in [5.74, 6) is 0.686. The van der Waals surface area contributed by atoms with Crippen molar-refractivity contribution in [3.05, 3.63) is 42.5 Å². The summed E-state index contributed by atoms with van der Waals surface area (Å²) in [6, 6.07) is 14.0. The Morgan fingerprint density at radius 3 is 2.52 bits per heavy atom. The first-order valence-electron chi connectivity index (χ1n) is 9.80. The summed E-state index contributed by atoms with van der Waals surface area (Å²) in [7, 11) is 0. The predicted octanol–water partition coefficient (Wildman–Crippen LogP) is 3.26. The van der Waals surface area contributed by atoms with Gasteiger partial charge in [-0.1, -0.05) is 50.2 Å². The number of fused-ring (bicyclic) bond motifs is 1. The lowest BCUT2D eigenvalue weighted by Crippen LogP contribution is -2.43. The molecule has 0 spiro atoms. The van der Waals surface area contributed by atoms with Gasteiger partial charge in [-0.05, 0) is 43.3 Å². The SMILES string of the molecule is CC(C)CNC(=O)C1CCN(CC(=O)Nc2cccc3ccccc23)CC1. The zero-order chi connectivity index (χ0) is 19.2. The van der Waals surface area contributed by atoms with E-state index in [0.717, 1.165) is 48.9 Å². The van der Waals surface area contributed by atoms with E-state index >= 15 is 0 Å². The quantitative estimate of drug-likeness (QED) is 0.824. The molecular weight excluding hydrogens is 338 g/mol. The molecule has 0 unspecified atom stereocenters. The molecule has 0 radical (unpaired) electrons. The molecule has 0 saturated carbocycles. The molecule has 0 aliphatic carbocycles. The van der Waals surface area contributed by atoms with E-state index in [4.69, 9.17) is 0 Å². The molecule has 2 N–H and O–H groups in total. The number of nitrogens with zero attached hydrogens (tertiary/aromatic N) is 1. The molecule has 0 aromatic heterocycles. The molecule has 0 atom stereocenters. The van der Waals surface area contributed by atoms with Crippen LogP contribution in [0.4, 0.5) is 5.69 Å². The molecule has 1 heterocycles. The normalized spacial score (nSPS) is 15.8. The van der Waals surface area contributed by atoms with Crippen molar-refractivity contribution in [1.29, 1.82) is 0 Å². The first-order chi connectivity index (χ1) is 13.0. The van der Waals surface area contributed by atoms with Crippen molar-refractivity contribution in [3.8, 4) is 0 Å². The number of anilines is 1. The maximum Gasteiger partial charge on any atom is 0.238 e. The Morgan fingerprint density at radius 1 is 1.07 bits per heavy atom. The molecule has 2 aromatic rings. The zero-order valence-electron chi connectivity index (χ0n) is 16.2. The fraction of sp³-hybridized carbons (Fsp3) is 0.455. The molecule has 1 fully saturated rings. The zero-order valence-corrected chi connectivity index (χ0v) is 16.2. The molecule has 2 amide bonds. The fourth-order valence-electron chi connectivity index (χ4n) is 3.53. The van der Waals surface area contributed by atoms with E-state index in [0.29, 0.717) is 12.5 Å². The lowest BCUT2D eigenvalue weighted by Gasteiger charge is -2.30. The highest BCUT2D eigenvalue weighted by Gasteiger charge is 2.25. The summed E-state index contributed by atoms with van der Waals surface area (Å²) in [5.41, 5.74) is 0.848. The number of carbonyl (C=O) groups excluding carboxylic acids is 2. The van der Waals surface area contributed by atoms with Gasteiger partial charge in [0.15, 0.2) is 0 Å². The Morgan fingerprint density at radius 2 is 1.78 bits per heavy atom. The number of likely N-dealkylation sites (tertiary alicyclic amines) is 1. The van der Waals surface area contributed by atoms with Crippen LogP contribution in [0.1, 0.15) is 26.7 Å². The Balaban J connectivity index is 1.49. The van der Waals surface area contributed by atoms with Gasteiger partial charge in [-0.2, -0.15) is 0 Å². The van der Waals surface area contributed by atoms with Crippen LogP contribution < -0.4 is 10.6 Å². The summed E-state index contributed by atoms with van der Waals surface area (Å²) in [6.07, 6.45) is 1.62. The molecule has 144 valence electrons. The van der Waals surface area contributed by atoms with Gasteiger partial charge < -0.3 is 10.6 Å². The molecule has 5 nitrogen and oxygen atoms in total. The molecule has 0 bridgehead atoms. The highest BCUT2D eigenvalue weighted by molar-refractivity contribution is 6.02. The first-order valence-corrected chi connectivity index (χ1v) is 9.80. The minimum atomic E-state index is -0.00550. The van der Waals surface area contributed by atoms with Gasteiger partial charge in [0, 0.05) is 23.5 Å². The summed E-state index contributed by atoms with van der Waals surface area (Å²) >= 11 is 0. The van der Waals surface area contributed by atoms with Crippen molar-refractivity contribution >= 4 is 28.3 Å². The van der Waals surface area contributed by atoms with Crippen LogP contribution in [0.2, 0.25) is 0 Å². The monoisotopic (exact) mass is 367 g/mol. The van der Waals surface area contributed by atoms with Crippen molar-refractivity contribution in [2.45, 2.75) is 26.7 Å². The minimum absolute atomic E-state index is 0.00550. The van der Waals surface area contributed by atoms with Gasteiger partial charge in [-0.25, -0.2) is 0 Å². The number of hydrogen-bond acceptors (Lipinski definition) is 3. The lowest BCUT2D eigenvalue weighted by molar-refractivity contribution is -0.126. The Kier molecular flexibility index (Phi) is 6.45. The van der Waals surface area contributed by atoms with E-state index in [1.165, 1.54) is 0 Å². The average molecular weight is 367 g/mol. The van der Waals surface area contributed by atoms with E-state index < -0.39 is 0 Å². The molecule has 1 aliphatic rings. The number of amides is 2. The van der Waals surface area contributed by atoms with E-state index in [9.17, 15) is 9.59 Å². The third-order valence-corrected chi connectivity index (χ3v) is 5.07. The maximum atomic E-state index is 12.5. The molecule has 3 rings (SSSR count). The number of piperidine rings is 1. The highest BCUT2D eigenvalue weighted by Crippen LogP contribution is 2.23. The van der Waals surface area contributed by atoms with Gasteiger partial charge >= 0.3 is 0 Å². The van der Waals surface area contributed by atoms with Gasteiger partial charge in [0.25, 0.3) is 0 Å². The van der Waals surface area contributed by atoms with Crippen LogP contribution in [0.3, 0.4) is 0 Å². The van der Waals surface area contributed by atoms with Crippen molar-refractivity contribution in [3.63, 3.8) is 0 Å². The third-order valence-electron chi connectivity index (χ3n) is 5.07. The summed E-state index contributed by atoms with van der Waals surface area (Å²) in [5, 5.41) is 8.22. The second-order valence-corrected chi connectivity index (χ2v) is 7.76. The van der Waals surface area contributed by atoms with Crippen LogP contribution >= 0.6 is 0 Å². The topological polar surface area (TPSA) is 61.4 Å². The van der Waals surface area contributed by atoms with Gasteiger partial charge in [0.1, 0.15) is 0 Å². The minimum Gasteiger partial charge on any atom is -0.356 e. The molecule has 1 aliphatic heterocycles. The van der Waals surface area contributed by atoms with Gasteiger partial charge in [0.05, 0.1) is 6.54 Å². The van der Waals surface area contributed by atoms with E-state index in [-0.39, 0.29) is 17.7 Å². The Hall–Kier alpha value is -2.40. The third kappa shape index (κ3) is 5.30. The first kappa shape index (κ1) is 19.4. The number of hydrogen-bond donors (Lipinski definition) is 2. The van der Waals surface area contributed by atoms with Crippen molar-refractivity contribution in [1.82, 2.24) is 10.2 Å². The van der Waals surface area contributed by atoms with Crippen LogP contribution in [-0.2, 0) is 9.59 Å². The highest BCUT2D eigenvalue weighted by atomic mass is 16.2. The van der Waals surface area contributed by atoms with Crippen LogP contribution in [0, 0.1) is 11.8 Å². The average Bonchev–Trinajstić information content (AvgIpc) is 2.67. The molecule has 27 heavy (non-hydrogen) atoms. The van der Waals surface area contributed by atoms with E-state index in [2.05, 4.69) is 29.4 Å². The van der Waals surface area contributed by atoms with Gasteiger partial charge in [-0.15, -0.1) is 0 Å². The van der Waals surface area contributed by atoms with Crippen LogP contribution in [0.15, 0.2) is 42.5 Å². The lowest BCUT2D eigenvalue weighted by atomic mass is 9.95. The summed E-state index contributed by atoms with van der Waals surface area (Å²) in [6.45, 7) is 6.84. The largest absolute Gasteiger partial charge is 0.356 e. The van der Waals surface area contributed by atoms with Crippen molar-refractivity contribution < 1.29 is 9.59 Å². The summed E-state index contributed by atoms with van der Waals surface area (Å²) < 4.78 is 0. The van der Waals surface area contributed by atoms with Crippen molar-refractivity contribution in [2.24, 2.45) is 11.8 Å². The molecule has 2 aromatic carbocycles. The molecule has 5 heteroatoms. The number of rotatable bonds is 6. The van der Waals surface area contributed by atoms with E-state index in [1.54, 1.807) is 0 Å². The Labute approximate surface area is 161 Å². The fourth-order valence-corrected chi connectivity index (χ4v) is 3.53. The number of carbonyl (C=O) groups is 2. The predicted molar refractivity (Wildman–Crippen MR) is 110 cm³/mol. The maximum absolute atomic E-state index is 12.5. The van der Waals surface area contributed by atoms with Crippen LogP contribution in [0.25, 0.3) is 10.8 Å². The number of nitrogens with one attached hydrogen (secondary N) is 2. The second-order valence-electron chi connectivity index (χ2n) is 7.76. The van der Waals surface area contributed by atoms with Crippen LogP contribution in [0.5, 0.6) is 0 Å². The molecule has 1 saturated heterocycles. The standard InChI is InChI=1S/C22H29N3O2/c1-16(2)14-23-22(27)18-10-12-25(13-11-18)15-21(26)24-20-9-5-7-17-6-3-4-8-19(17)20/h3-9,16,18H,10-15H2,1-2H3,(H,23,27)(H,24,26). The van der Waals surface area contributed by atoms with Crippen molar-refractivity contribution in [2.75, 3.05) is 31.5 Å².